The van der Waals surface area contributed by atoms with Crippen LogP contribution in [0.2, 0.25) is 0 Å². The van der Waals surface area contributed by atoms with Gasteiger partial charge in [-0.3, -0.25) is 0 Å². The minimum Gasteiger partial charge on any atom is -0.377 e. The molecule has 0 unspecified atom stereocenters. The average Bonchev–Trinajstić information content (AvgIpc) is 2.53. The summed E-state index contributed by atoms with van der Waals surface area (Å²) >= 11 is 0. The molecule has 0 aliphatic rings. The molecule has 0 fully saturated rings. The van der Waals surface area contributed by atoms with Crippen molar-refractivity contribution in [2.24, 2.45) is 0 Å². The van der Waals surface area contributed by atoms with Crippen molar-refractivity contribution in [3.8, 4) is 0 Å². The van der Waals surface area contributed by atoms with Crippen LogP contribution in [0, 0.1) is 0 Å². The van der Waals surface area contributed by atoms with Gasteiger partial charge in [-0.1, -0.05) is 0 Å². The molecule has 2 aromatic heterocycles. The van der Waals surface area contributed by atoms with Crippen LogP contribution in [0.5, 0.6) is 0 Å². The molecule has 0 atom stereocenters. The second-order valence-electron chi connectivity index (χ2n) is 2.16. The third-order valence-corrected chi connectivity index (χ3v) is 1.46. The van der Waals surface area contributed by atoms with Crippen molar-refractivity contribution in [3.05, 3.63) is 12.7 Å². The zero-order chi connectivity index (χ0) is 8.39. The normalized spacial score (nSPS) is 10.4. The van der Waals surface area contributed by atoms with Gasteiger partial charge in [-0.15, -0.1) is 0 Å². The number of fused-ring (bicyclic) bond motifs is 1. The smallest absolute Gasteiger partial charge is 0.162 e. The lowest BCUT2D eigenvalue weighted by Gasteiger charge is -1.99. The monoisotopic (exact) mass is 165 g/mol. The Morgan fingerprint density at radius 1 is 1.42 bits per heavy atom. The molecule has 0 radical (unpaired) electrons. The summed E-state index contributed by atoms with van der Waals surface area (Å²) in [6, 6.07) is 0. The number of aliphatic hydroxyl groups excluding tert-OH is 1. The maximum Gasteiger partial charge on any atom is 0.162 e. The lowest BCUT2D eigenvalue weighted by Crippen LogP contribution is -2.02. The Kier molecular flexibility index (Phi) is 1.60. The highest BCUT2D eigenvalue weighted by molar-refractivity contribution is 5.81. The molecule has 6 heteroatoms. The molecule has 62 valence electrons. The molecule has 0 spiro atoms. The molecule has 3 N–H and O–H groups in total. The van der Waals surface area contributed by atoms with E-state index < -0.39 is 0 Å². The fraction of sp³-hybridized carbons (Fsp3) is 0.167. The minimum atomic E-state index is -0.168. The van der Waals surface area contributed by atoms with Gasteiger partial charge in [0.25, 0.3) is 0 Å². The highest BCUT2D eigenvalue weighted by atomic mass is 16.3. The second kappa shape index (κ2) is 2.74. The van der Waals surface area contributed by atoms with Crippen LogP contribution in [-0.4, -0.2) is 31.8 Å². The zero-order valence-electron chi connectivity index (χ0n) is 6.15. The fourth-order valence-electron chi connectivity index (χ4n) is 0.969. The number of aliphatic hydroxyl groups is 1. The van der Waals surface area contributed by atoms with Gasteiger partial charge in [0.15, 0.2) is 11.5 Å². The molecule has 0 aromatic carbocycles. The first-order chi connectivity index (χ1) is 5.92. The Morgan fingerprint density at radius 3 is 3.17 bits per heavy atom. The highest BCUT2D eigenvalue weighted by Gasteiger charge is 2.03. The van der Waals surface area contributed by atoms with Crippen LogP contribution >= 0.6 is 0 Å². The van der Waals surface area contributed by atoms with Crippen molar-refractivity contribution in [2.45, 2.75) is 0 Å². The summed E-state index contributed by atoms with van der Waals surface area (Å²) in [4.78, 5) is 14.7. The van der Waals surface area contributed by atoms with E-state index in [1.54, 1.807) is 0 Å². The van der Waals surface area contributed by atoms with Crippen molar-refractivity contribution >= 4 is 17.0 Å². The summed E-state index contributed by atoms with van der Waals surface area (Å²) in [5, 5.41) is 11.3. The fourth-order valence-corrected chi connectivity index (χ4v) is 0.969. The first-order valence-corrected chi connectivity index (χ1v) is 3.40. The number of hydrogen-bond acceptors (Lipinski definition) is 5. The van der Waals surface area contributed by atoms with Crippen LogP contribution in [0.4, 0.5) is 5.82 Å². The summed E-state index contributed by atoms with van der Waals surface area (Å²) in [5.74, 6) is 0.531. The number of nitrogens with zero attached hydrogens (tertiary/aromatic N) is 3. The van der Waals surface area contributed by atoms with Gasteiger partial charge in [-0.2, -0.15) is 0 Å². The molecule has 0 aliphatic carbocycles. The van der Waals surface area contributed by atoms with Crippen LogP contribution in [0.15, 0.2) is 12.7 Å². The summed E-state index contributed by atoms with van der Waals surface area (Å²) in [6.45, 7) is -0.168. The van der Waals surface area contributed by atoms with Gasteiger partial charge >= 0.3 is 0 Å². The number of anilines is 1. The summed E-state index contributed by atoms with van der Waals surface area (Å²) < 4.78 is 0. The molecule has 0 amide bonds. The van der Waals surface area contributed by atoms with Crippen molar-refractivity contribution in [3.63, 3.8) is 0 Å². The van der Waals surface area contributed by atoms with Crippen LogP contribution < -0.4 is 5.32 Å². The Bertz CT molecular complexity index is 384. The summed E-state index contributed by atoms with van der Waals surface area (Å²) in [6.07, 6.45) is 2.93. The van der Waals surface area contributed by atoms with E-state index in [-0.39, 0.29) is 6.73 Å². The molecular formula is C6H7N5O. The standard InChI is InChI=1S/C6H7N5O/c12-3-11-6-4-5(8-1-7-4)9-2-10-6/h1-2,12H,3H2,(H2,7,8,9,10,11). The lowest BCUT2D eigenvalue weighted by molar-refractivity contribution is 0.325. The number of imidazole rings is 1. The van der Waals surface area contributed by atoms with Crippen LogP contribution in [0.3, 0.4) is 0 Å². The van der Waals surface area contributed by atoms with Gasteiger partial charge < -0.3 is 15.4 Å². The number of H-pyrrole nitrogens is 1. The molecule has 0 aliphatic heterocycles. The predicted molar refractivity (Wildman–Crippen MR) is 42.4 cm³/mol. The quantitative estimate of drug-likeness (QED) is 0.532. The van der Waals surface area contributed by atoms with Crippen LogP contribution in [-0.2, 0) is 0 Å². The van der Waals surface area contributed by atoms with E-state index in [1.807, 2.05) is 0 Å². The number of rotatable bonds is 2. The maximum atomic E-state index is 8.61. The predicted octanol–water partition coefficient (Wildman–Crippen LogP) is -0.285. The van der Waals surface area contributed by atoms with Crippen molar-refractivity contribution < 1.29 is 5.11 Å². The van der Waals surface area contributed by atoms with E-state index in [1.165, 1.54) is 12.7 Å². The molecule has 0 saturated carbocycles. The van der Waals surface area contributed by atoms with Gasteiger partial charge in [0.2, 0.25) is 0 Å². The molecule has 0 bridgehead atoms. The first kappa shape index (κ1) is 6.99. The van der Waals surface area contributed by atoms with E-state index >= 15 is 0 Å². The second-order valence-corrected chi connectivity index (χ2v) is 2.16. The van der Waals surface area contributed by atoms with Crippen LogP contribution in [0.25, 0.3) is 11.2 Å². The van der Waals surface area contributed by atoms with E-state index in [0.29, 0.717) is 17.0 Å². The number of nitrogens with one attached hydrogen (secondary N) is 2. The minimum absolute atomic E-state index is 0.168. The van der Waals surface area contributed by atoms with Crippen molar-refractivity contribution in [1.29, 1.82) is 0 Å². The highest BCUT2D eigenvalue weighted by Crippen LogP contribution is 2.13. The molecular weight excluding hydrogens is 158 g/mol. The van der Waals surface area contributed by atoms with Gasteiger partial charge in [-0.25, -0.2) is 15.0 Å². The molecule has 12 heavy (non-hydrogen) atoms. The van der Waals surface area contributed by atoms with Gasteiger partial charge in [-0.05, 0) is 0 Å². The zero-order valence-corrected chi connectivity index (χ0v) is 6.15. The first-order valence-electron chi connectivity index (χ1n) is 3.40. The molecule has 2 rings (SSSR count). The van der Waals surface area contributed by atoms with Crippen molar-refractivity contribution in [1.82, 2.24) is 19.9 Å². The van der Waals surface area contributed by atoms with Gasteiger partial charge in [0.1, 0.15) is 18.6 Å². The molecule has 2 heterocycles. The number of hydrogen-bond donors (Lipinski definition) is 3. The number of aromatic amines is 1. The number of aromatic nitrogens is 4. The average molecular weight is 165 g/mol. The molecule has 6 nitrogen and oxygen atoms in total. The Morgan fingerprint density at radius 2 is 2.33 bits per heavy atom. The Hall–Kier alpha value is -1.69. The van der Waals surface area contributed by atoms with E-state index in [0.717, 1.165) is 0 Å². The summed E-state index contributed by atoms with van der Waals surface area (Å²) in [5.41, 5.74) is 1.28. The maximum absolute atomic E-state index is 8.61. The molecule has 0 saturated heterocycles. The van der Waals surface area contributed by atoms with Gasteiger partial charge in [0.05, 0.1) is 6.33 Å². The Labute approximate surface area is 67.7 Å². The third kappa shape index (κ3) is 0.978. The lowest BCUT2D eigenvalue weighted by atomic mass is 10.5. The van der Waals surface area contributed by atoms with E-state index in [9.17, 15) is 0 Å². The van der Waals surface area contributed by atoms with E-state index in [2.05, 4.69) is 25.3 Å². The molecule has 2 aromatic rings. The van der Waals surface area contributed by atoms with E-state index in [4.69, 9.17) is 5.11 Å². The summed E-state index contributed by atoms with van der Waals surface area (Å²) in [7, 11) is 0. The van der Waals surface area contributed by atoms with Crippen LogP contribution in [0.1, 0.15) is 0 Å². The van der Waals surface area contributed by atoms with Crippen molar-refractivity contribution in [2.75, 3.05) is 12.0 Å². The third-order valence-electron chi connectivity index (χ3n) is 1.46. The topological polar surface area (TPSA) is 86.7 Å². The SMILES string of the molecule is OCNc1ncnc2[nH]cnc12. The van der Waals surface area contributed by atoms with Gasteiger partial charge in [0, 0.05) is 0 Å². The Balaban J connectivity index is 2.57. The largest absolute Gasteiger partial charge is 0.377 e.